The van der Waals surface area contributed by atoms with Gasteiger partial charge in [0, 0.05) is 36.4 Å². The molecule has 0 spiro atoms. The summed E-state index contributed by atoms with van der Waals surface area (Å²) in [5.41, 5.74) is 2.48. The Bertz CT molecular complexity index is 1320. The third-order valence-electron chi connectivity index (χ3n) is 6.42. The van der Waals surface area contributed by atoms with Gasteiger partial charge < -0.3 is 9.64 Å². The van der Waals surface area contributed by atoms with Gasteiger partial charge in [0.1, 0.15) is 4.90 Å². The lowest BCUT2D eigenvalue weighted by Gasteiger charge is -2.29. The van der Waals surface area contributed by atoms with E-state index in [4.69, 9.17) is 4.74 Å². The van der Waals surface area contributed by atoms with Crippen molar-refractivity contribution >= 4 is 39.1 Å². The van der Waals surface area contributed by atoms with E-state index in [1.807, 2.05) is 42.7 Å². The molecule has 0 aliphatic carbocycles. The Hall–Kier alpha value is -2.82. The van der Waals surface area contributed by atoms with Gasteiger partial charge in [-0.25, -0.2) is 17.9 Å². The van der Waals surface area contributed by atoms with Crippen molar-refractivity contribution in [1.29, 1.82) is 0 Å². The predicted molar refractivity (Wildman–Crippen MR) is 143 cm³/mol. The minimum absolute atomic E-state index is 0.177. The van der Waals surface area contributed by atoms with Crippen molar-refractivity contribution < 1.29 is 17.9 Å². The van der Waals surface area contributed by atoms with Crippen LogP contribution in [0.1, 0.15) is 43.5 Å². The molecule has 192 valence electrons. The van der Waals surface area contributed by atoms with Crippen molar-refractivity contribution in [3.8, 4) is 5.69 Å². The third-order valence-corrected chi connectivity index (χ3v) is 9.12. The van der Waals surface area contributed by atoms with Crippen molar-refractivity contribution in [1.82, 2.24) is 14.1 Å². The number of likely N-dealkylation sites (N-methyl/N-ethyl adjacent to an activating group) is 1. The van der Waals surface area contributed by atoms with Crippen molar-refractivity contribution in [3.63, 3.8) is 0 Å². The average molecular weight is 529 g/mol. The average Bonchev–Trinajstić information content (AvgIpc) is 3.36. The Morgan fingerprint density at radius 2 is 1.92 bits per heavy atom. The first-order valence-electron chi connectivity index (χ1n) is 12.1. The number of ether oxygens (including phenoxy) is 1. The molecule has 10 heteroatoms. The first-order valence-corrected chi connectivity index (χ1v) is 14.7. The van der Waals surface area contributed by atoms with E-state index in [1.165, 1.54) is 22.3 Å². The van der Waals surface area contributed by atoms with Gasteiger partial charge in [-0.2, -0.15) is 9.40 Å². The van der Waals surface area contributed by atoms with E-state index in [1.54, 1.807) is 30.9 Å². The van der Waals surface area contributed by atoms with Crippen LogP contribution in [-0.2, 0) is 14.8 Å². The topological polar surface area (TPSA) is 84.7 Å². The molecule has 8 nitrogen and oxygen atoms in total. The number of fused-ring (bicyclic) bond motifs is 1. The molecule has 3 aromatic rings. The van der Waals surface area contributed by atoms with Crippen LogP contribution in [0, 0.1) is 0 Å². The Morgan fingerprint density at radius 3 is 2.58 bits per heavy atom. The summed E-state index contributed by atoms with van der Waals surface area (Å²) in [4.78, 5) is 15.4. The van der Waals surface area contributed by atoms with Crippen LogP contribution in [0.5, 0.6) is 0 Å². The number of thioether (sulfide) groups is 1. The molecule has 0 saturated heterocycles. The summed E-state index contributed by atoms with van der Waals surface area (Å²) in [5, 5.41) is 4.35. The molecule has 0 saturated carbocycles. The van der Waals surface area contributed by atoms with Crippen LogP contribution in [0.15, 0.2) is 64.6 Å². The largest absolute Gasteiger partial charge is 0.462 e. The standard InChI is InChI=1S/C26H32N4O4S2/c1-5-7-11-21-18-29(20-12-9-8-10-13-20)23-14-24(35-4)22(15-25(23)36(32,33)28(21)3)30-17-19(16-27-30)26(31)34-6-2/h8-10,12-17,21H,5-7,11,18H2,1-4H3. The molecule has 0 N–H and O–H groups in total. The number of hydrogen-bond acceptors (Lipinski definition) is 7. The summed E-state index contributed by atoms with van der Waals surface area (Å²) in [6, 6.07) is 13.3. The number of sulfonamides is 1. The van der Waals surface area contributed by atoms with Gasteiger partial charge in [0.25, 0.3) is 0 Å². The first kappa shape index (κ1) is 26.2. The number of hydrogen-bond donors (Lipinski definition) is 0. The molecule has 2 heterocycles. The number of nitrogens with zero attached hydrogens (tertiary/aromatic N) is 4. The number of esters is 1. The van der Waals surface area contributed by atoms with E-state index < -0.39 is 16.0 Å². The van der Waals surface area contributed by atoms with Crippen molar-refractivity contribution in [2.24, 2.45) is 0 Å². The van der Waals surface area contributed by atoms with Crippen LogP contribution >= 0.6 is 11.8 Å². The van der Waals surface area contributed by atoms with Crippen LogP contribution in [0.25, 0.3) is 5.69 Å². The molecular formula is C26H32N4O4S2. The molecular weight excluding hydrogens is 496 g/mol. The number of para-hydroxylation sites is 1. The quantitative estimate of drug-likeness (QED) is 0.297. The first-order chi connectivity index (χ1) is 17.3. The van der Waals surface area contributed by atoms with Crippen molar-refractivity contribution in [3.05, 3.63) is 60.4 Å². The fraction of sp³-hybridized carbons (Fsp3) is 0.385. The molecule has 0 amide bonds. The summed E-state index contributed by atoms with van der Waals surface area (Å²) >= 11 is 1.50. The van der Waals surface area contributed by atoms with E-state index >= 15 is 0 Å². The number of carbonyl (C=O) groups excluding carboxylic acids is 1. The number of benzene rings is 2. The fourth-order valence-corrected chi connectivity index (χ4v) is 6.57. The van der Waals surface area contributed by atoms with Crippen LogP contribution in [0.4, 0.5) is 11.4 Å². The molecule has 1 unspecified atom stereocenters. The number of rotatable bonds is 8. The number of anilines is 2. The van der Waals surface area contributed by atoms with Gasteiger partial charge in [0.2, 0.25) is 10.0 Å². The lowest BCUT2D eigenvalue weighted by atomic mass is 10.1. The highest BCUT2D eigenvalue weighted by Gasteiger charge is 2.37. The SMILES string of the molecule is CCCCC1CN(c2ccccc2)c2cc(SC)c(-n3cc(C(=O)OCC)cn3)cc2S(=O)(=O)N1C. The second-order valence-electron chi connectivity index (χ2n) is 8.65. The Labute approximate surface area is 217 Å². The Balaban J connectivity index is 1.91. The summed E-state index contributed by atoms with van der Waals surface area (Å²) in [6.45, 7) is 4.67. The van der Waals surface area contributed by atoms with Crippen LogP contribution < -0.4 is 4.90 Å². The summed E-state index contributed by atoms with van der Waals surface area (Å²) in [7, 11) is -2.13. The van der Waals surface area contributed by atoms with Crippen LogP contribution in [0.2, 0.25) is 0 Å². The van der Waals surface area contributed by atoms with E-state index in [0.717, 1.165) is 29.8 Å². The lowest BCUT2D eigenvalue weighted by molar-refractivity contribution is 0.0526. The van der Waals surface area contributed by atoms with E-state index in [9.17, 15) is 13.2 Å². The van der Waals surface area contributed by atoms with Gasteiger partial charge in [-0.05, 0) is 43.9 Å². The summed E-state index contributed by atoms with van der Waals surface area (Å²) in [5.74, 6) is -0.467. The molecule has 1 aliphatic heterocycles. The maximum Gasteiger partial charge on any atom is 0.341 e. The highest BCUT2D eigenvalue weighted by molar-refractivity contribution is 7.98. The van der Waals surface area contributed by atoms with Gasteiger partial charge in [0.05, 0.1) is 29.7 Å². The van der Waals surface area contributed by atoms with Gasteiger partial charge in [-0.15, -0.1) is 11.8 Å². The number of unbranched alkanes of at least 4 members (excludes halogenated alkanes) is 1. The molecule has 1 atom stereocenters. The lowest BCUT2D eigenvalue weighted by Crippen LogP contribution is -2.40. The zero-order valence-corrected chi connectivity index (χ0v) is 22.7. The van der Waals surface area contributed by atoms with Gasteiger partial charge in [-0.3, -0.25) is 0 Å². The molecule has 0 bridgehead atoms. The summed E-state index contributed by atoms with van der Waals surface area (Å²) < 4.78 is 36.0. The molecule has 2 aromatic carbocycles. The Kier molecular flexibility index (Phi) is 8.07. The molecule has 1 aliphatic rings. The minimum Gasteiger partial charge on any atom is -0.462 e. The second kappa shape index (κ2) is 11.1. The smallest absolute Gasteiger partial charge is 0.341 e. The molecule has 0 fully saturated rings. The van der Waals surface area contributed by atoms with Crippen molar-refractivity contribution in [2.75, 3.05) is 31.4 Å². The summed E-state index contributed by atoms with van der Waals surface area (Å²) in [6.07, 6.45) is 7.65. The monoisotopic (exact) mass is 528 g/mol. The zero-order chi connectivity index (χ0) is 25.9. The molecule has 0 radical (unpaired) electrons. The predicted octanol–water partition coefficient (Wildman–Crippen LogP) is 5.10. The molecule has 1 aromatic heterocycles. The second-order valence-corrected chi connectivity index (χ2v) is 11.5. The van der Waals surface area contributed by atoms with Crippen LogP contribution in [-0.4, -0.2) is 61.0 Å². The van der Waals surface area contributed by atoms with E-state index in [0.29, 0.717) is 23.5 Å². The maximum atomic E-state index is 13.9. The highest BCUT2D eigenvalue weighted by Crippen LogP contribution is 2.42. The fourth-order valence-electron chi connectivity index (χ4n) is 4.41. The number of aromatic nitrogens is 2. The Morgan fingerprint density at radius 1 is 1.17 bits per heavy atom. The zero-order valence-electron chi connectivity index (χ0n) is 21.0. The third kappa shape index (κ3) is 5.02. The van der Waals surface area contributed by atoms with Crippen molar-refractivity contribution in [2.45, 2.75) is 48.9 Å². The van der Waals surface area contributed by atoms with Gasteiger partial charge in [0.15, 0.2) is 0 Å². The molecule has 4 rings (SSSR count). The van der Waals surface area contributed by atoms with Gasteiger partial charge in [-0.1, -0.05) is 38.0 Å². The highest BCUT2D eigenvalue weighted by atomic mass is 32.2. The minimum atomic E-state index is -3.80. The van der Waals surface area contributed by atoms with E-state index in [2.05, 4.69) is 16.9 Å². The number of carbonyl (C=O) groups is 1. The normalized spacial score (nSPS) is 17.4. The molecule has 36 heavy (non-hydrogen) atoms. The van der Waals surface area contributed by atoms with Crippen LogP contribution in [0.3, 0.4) is 0 Å². The van der Waals surface area contributed by atoms with E-state index in [-0.39, 0.29) is 17.5 Å². The van der Waals surface area contributed by atoms with Gasteiger partial charge >= 0.3 is 5.97 Å². The maximum absolute atomic E-state index is 13.9.